The number of fused-ring (bicyclic) bond motifs is 4. The number of ether oxygens (including phenoxy) is 6. The third-order valence-corrected chi connectivity index (χ3v) is 12.7. The molecule has 57 heavy (non-hydrogen) atoms. The Morgan fingerprint density at radius 3 is 1.86 bits per heavy atom. The molecule has 2 aliphatic carbocycles. The zero-order valence-electron chi connectivity index (χ0n) is 33.5. The topological polar surface area (TPSA) is 152 Å². The fourth-order valence-corrected chi connectivity index (χ4v) is 10.1. The van der Waals surface area contributed by atoms with Crippen LogP contribution in [0.2, 0.25) is 10.6 Å². The van der Waals surface area contributed by atoms with Crippen LogP contribution < -0.4 is 10.6 Å². The fourth-order valence-electron chi connectivity index (χ4n) is 9.04. The molecule has 4 saturated heterocycles. The van der Waals surface area contributed by atoms with Crippen molar-refractivity contribution in [3.8, 4) is 0 Å². The monoisotopic (exact) mass is 892 g/mol. The van der Waals surface area contributed by atoms with Crippen molar-refractivity contribution >= 4 is 72.8 Å². The molecule has 0 spiro atoms. The van der Waals surface area contributed by atoms with Crippen LogP contribution >= 0.6 is 39.1 Å². The summed E-state index contributed by atoms with van der Waals surface area (Å²) in [6.45, 7) is 12.0. The first kappa shape index (κ1) is 41.4. The summed E-state index contributed by atoms with van der Waals surface area (Å²) in [5, 5.41) is 9.48. The summed E-state index contributed by atoms with van der Waals surface area (Å²) in [6.07, 6.45) is 15.2. The minimum Gasteiger partial charge on any atom is -0.367 e. The van der Waals surface area contributed by atoms with Gasteiger partial charge in [0.05, 0.1) is 23.0 Å². The maximum absolute atomic E-state index is 6.33. The van der Waals surface area contributed by atoms with E-state index in [1.807, 2.05) is 56.8 Å². The molecule has 0 radical (unpaired) electrons. The molecule has 312 valence electrons. The SMILES string of the molecule is CC[C@H]1OC(Br)[C@@H]2OC(C)(C)O[C@H]12.CC[C@H]1O[C@@H](n2ccc3c(NC4CCCC4)nc(Cl)nc32)[C@@H]2OC(C)(C)O[C@@H]21.Clc1nc(NC2CCCC2)c2cc[nH]c2n1. The van der Waals surface area contributed by atoms with Crippen LogP contribution in [0.15, 0.2) is 24.5 Å². The molecule has 4 aromatic heterocycles. The minimum absolute atomic E-state index is 0.0115. The highest BCUT2D eigenvalue weighted by Crippen LogP contribution is 2.45. The summed E-state index contributed by atoms with van der Waals surface area (Å²) < 4.78 is 37.8. The first-order valence-corrected chi connectivity index (χ1v) is 22.2. The van der Waals surface area contributed by atoms with Crippen LogP contribution in [0, 0.1) is 0 Å². The van der Waals surface area contributed by atoms with Crippen LogP contribution in [0.5, 0.6) is 0 Å². The van der Waals surface area contributed by atoms with Gasteiger partial charge in [-0.05, 0) is 102 Å². The smallest absolute Gasteiger partial charge is 0.226 e. The fraction of sp³-hybridized carbons (Fsp3) is 0.700. The molecule has 0 aromatic carbocycles. The van der Waals surface area contributed by atoms with Gasteiger partial charge in [-0.2, -0.15) is 9.97 Å². The molecule has 8 heterocycles. The van der Waals surface area contributed by atoms with Gasteiger partial charge in [0.25, 0.3) is 0 Å². The molecular weight excluding hydrogens is 839 g/mol. The number of anilines is 2. The molecule has 1 unspecified atom stereocenters. The van der Waals surface area contributed by atoms with Gasteiger partial charge in [-0.1, -0.05) is 55.5 Å². The van der Waals surface area contributed by atoms with E-state index in [2.05, 4.69) is 65.3 Å². The number of nitrogens with zero attached hydrogens (tertiary/aromatic N) is 5. The van der Waals surface area contributed by atoms with Crippen molar-refractivity contribution in [1.29, 1.82) is 0 Å². The van der Waals surface area contributed by atoms with E-state index in [9.17, 15) is 0 Å². The first-order chi connectivity index (χ1) is 27.3. The van der Waals surface area contributed by atoms with Gasteiger partial charge in [-0.3, -0.25) is 0 Å². The van der Waals surface area contributed by atoms with Crippen LogP contribution in [-0.4, -0.2) is 94.8 Å². The molecule has 6 aliphatic rings. The summed E-state index contributed by atoms with van der Waals surface area (Å²) in [4.78, 5) is 20.4. The summed E-state index contributed by atoms with van der Waals surface area (Å²) in [6, 6.07) is 4.98. The number of hydrogen-bond acceptors (Lipinski definition) is 12. The number of rotatable bonds is 7. The lowest BCUT2D eigenvalue weighted by Gasteiger charge is -2.24. The Hall–Kier alpha value is -2.34. The Morgan fingerprint density at radius 2 is 1.25 bits per heavy atom. The average Bonchev–Trinajstić information content (AvgIpc) is 4.01. The molecule has 10 rings (SSSR count). The second-order valence-corrected chi connectivity index (χ2v) is 18.2. The summed E-state index contributed by atoms with van der Waals surface area (Å²) >= 11 is 15.6. The van der Waals surface area contributed by atoms with Crippen molar-refractivity contribution < 1.29 is 28.4 Å². The van der Waals surface area contributed by atoms with E-state index in [-0.39, 0.29) is 58.4 Å². The molecule has 2 saturated carbocycles. The zero-order chi connectivity index (χ0) is 40.1. The molecule has 3 N–H and O–H groups in total. The molecule has 14 nitrogen and oxygen atoms in total. The van der Waals surface area contributed by atoms with E-state index in [4.69, 9.17) is 51.6 Å². The lowest BCUT2D eigenvalue weighted by atomic mass is 10.1. The number of nitrogens with one attached hydrogen (secondary N) is 3. The van der Waals surface area contributed by atoms with Crippen molar-refractivity contribution in [2.24, 2.45) is 0 Å². The van der Waals surface area contributed by atoms with Gasteiger partial charge in [0, 0.05) is 24.5 Å². The summed E-state index contributed by atoms with van der Waals surface area (Å²) in [7, 11) is 0. The number of aromatic amines is 1. The molecule has 4 aromatic rings. The third-order valence-electron chi connectivity index (χ3n) is 11.6. The van der Waals surface area contributed by atoms with Crippen molar-refractivity contribution in [2.75, 3.05) is 10.6 Å². The molecule has 6 fully saturated rings. The Labute approximate surface area is 352 Å². The largest absolute Gasteiger partial charge is 0.367 e. The first-order valence-electron chi connectivity index (χ1n) is 20.6. The average molecular weight is 895 g/mol. The predicted octanol–water partition coefficient (Wildman–Crippen LogP) is 9.27. The minimum atomic E-state index is -0.616. The normalized spacial score (nSPS) is 31.6. The molecule has 4 aliphatic heterocycles. The quantitative estimate of drug-likeness (QED) is 0.120. The van der Waals surface area contributed by atoms with Gasteiger partial charge < -0.3 is 48.6 Å². The standard InChI is InChI=1S/C20H27ClN4O3.C11H13ClN4.C9H15BrO3/c1-4-13-14-15(28-20(2,3)27-14)18(26-13)25-10-9-12-16(22-11-7-5-6-8-11)23-19(21)24-17(12)25;12-11-15-9-8(5-6-13-9)10(16-11)14-7-3-1-2-4-7;1-4-5-6-7(8(10)11-5)13-9(2,3)12-6/h9-11,13-15,18H,4-8H2,1-3H3,(H,22,23,24);5-7H,1-4H2,(H2,13,14,15,16);5-8H,4H2,1-3H3/t13-,14-,15-,18-;;5-,6-,7-,8?/m1.1/s1. The van der Waals surface area contributed by atoms with E-state index < -0.39 is 11.6 Å². The van der Waals surface area contributed by atoms with Gasteiger partial charge in [-0.25, -0.2) is 9.97 Å². The molecular formula is C40H55BrCl2N8O6. The van der Waals surface area contributed by atoms with Crippen LogP contribution in [0.4, 0.5) is 11.6 Å². The number of H-pyrrole nitrogens is 1. The van der Waals surface area contributed by atoms with E-state index in [0.717, 1.165) is 59.4 Å². The number of halogens is 3. The van der Waals surface area contributed by atoms with Crippen molar-refractivity contribution in [3.63, 3.8) is 0 Å². The Bertz CT molecular complexity index is 2000. The van der Waals surface area contributed by atoms with E-state index in [0.29, 0.717) is 12.1 Å². The molecule has 8 atom stereocenters. The van der Waals surface area contributed by atoms with Crippen LogP contribution in [0.25, 0.3) is 22.1 Å². The maximum atomic E-state index is 6.33. The third kappa shape index (κ3) is 8.93. The maximum Gasteiger partial charge on any atom is 0.226 e. The van der Waals surface area contributed by atoms with Gasteiger partial charge in [-0.15, -0.1) is 0 Å². The van der Waals surface area contributed by atoms with Gasteiger partial charge in [0.2, 0.25) is 10.6 Å². The van der Waals surface area contributed by atoms with Crippen molar-refractivity contribution in [3.05, 3.63) is 35.1 Å². The summed E-state index contributed by atoms with van der Waals surface area (Å²) in [5.74, 6) is 0.572. The molecule has 17 heteroatoms. The number of alkyl halides is 1. The molecule has 0 amide bonds. The highest BCUT2D eigenvalue weighted by atomic mass is 79.9. The van der Waals surface area contributed by atoms with Crippen LogP contribution in [-0.2, 0) is 28.4 Å². The van der Waals surface area contributed by atoms with Gasteiger partial charge >= 0.3 is 0 Å². The van der Waals surface area contributed by atoms with E-state index in [1.165, 1.54) is 38.5 Å². The lowest BCUT2D eigenvalue weighted by Crippen LogP contribution is -2.28. The van der Waals surface area contributed by atoms with E-state index >= 15 is 0 Å². The number of hydrogen-bond donors (Lipinski definition) is 3. The predicted molar refractivity (Wildman–Crippen MR) is 223 cm³/mol. The van der Waals surface area contributed by atoms with Crippen molar-refractivity contribution in [1.82, 2.24) is 29.5 Å². The van der Waals surface area contributed by atoms with Crippen LogP contribution in [0.3, 0.4) is 0 Å². The Balaban J connectivity index is 0.000000132. The zero-order valence-corrected chi connectivity index (χ0v) is 36.6. The van der Waals surface area contributed by atoms with Crippen LogP contribution in [0.1, 0.15) is 112 Å². The Morgan fingerprint density at radius 1 is 0.719 bits per heavy atom. The Kier molecular flexibility index (Phi) is 12.3. The highest BCUT2D eigenvalue weighted by molar-refractivity contribution is 9.09. The van der Waals surface area contributed by atoms with Gasteiger partial charge in [0.1, 0.15) is 52.4 Å². The molecule has 0 bridgehead atoms. The second kappa shape index (κ2) is 17.0. The number of aromatic nitrogens is 6. The highest BCUT2D eigenvalue weighted by Gasteiger charge is 2.56. The van der Waals surface area contributed by atoms with E-state index in [1.54, 1.807) is 0 Å². The summed E-state index contributed by atoms with van der Waals surface area (Å²) in [5.41, 5.74) is 1.55. The van der Waals surface area contributed by atoms with Crippen molar-refractivity contribution in [2.45, 2.75) is 177 Å². The van der Waals surface area contributed by atoms with Gasteiger partial charge in [0.15, 0.2) is 17.8 Å². The lowest BCUT2D eigenvalue weighted by molar-refractivity contribution is -0.196. The second-order valence-electron chi connectivity index (χ2n) is 16.7.